The van der Waals surface area contributed by atoms with Gasteiger partial charge in [-0.1, -0.05) is 25.4 Å². The average molecular weight is 625 g/mol. The predicted octanol–water partition coefficient (Wildman–Crippen LogP) is 5.96. The normalized spacial score (nSPS) is 20.3. The van der Waals surface area contributed by atoms with Crippen LogP contribution in [0, 0.1) is 17.7 Å². The Morgan fingerprint density at radius 2 is 1.90 bits per heavy atom. The summed E-state index contributed by atoms with van der Waals surface area (Å²) in [4.78, 5) is 38.7. The van der Waals surface area contributed by atoms with Crippen LogP contribution < -0.4 is 4.90 Å². The molecule has 1 aromatic carbocycles. The molecular weight excluding hydrogens is 593 g/mol. The van der Waals surface area contributed by atoms with Crippen molar-refractivity contribution in [3.8, 4) is 0 Å². The summed E-state index contributed by atoms with van der Waals surface area (Å²) in [6.07, 6.45) is 1.35. The molecular formula is C27H32BrClFN5O4. The zero-order valence-electron chi connectivity index (χ0n) is 22.8. The maximum absolute atomic E-state index is 15.5. The van der Waals surface area contributed by atoms with Crippen LogP contribution in [0.25, 0.3) is 21.9 Å². The minimum Gasteiger partial charge on any atom is -0.467 e. The van der Waals surface area contributed by atoms with E-state index in [1.54, 1.807) is 33.2 Å². The number of esters is 1. The van der Waals surface area contributed by atoms with Crippen LogP contribution in [0.3, 0.4) is 0 Å². The van der Waals surface area contributed by atoms with Crippen LogP contribution in [-0.4, -0.2) is 69.9 Å². The van der Waals surface area contributed by atoms with E-state index >= 15 is 4.39 Å². The predicted molar refractivity (Wildman–Crippen MR) is 151 cm³/mol. The first-order valence-corrected chi connectivity index (χ1v) is 14.1. The second-order valence-corrected chi connectivity index (χ2v) is 12.8. The number of anilines is 1. The lowest BCUT2D eigenvalue weighted by molar-refractivity contribution is -0.145. The molecule has 0 radical (unpaired) electrons. The first kappa shape index (κ1) is 27.9. The Morgan fingerprint density at radius 3 is 2.51 bits per heavy atom. The number of carbonyl (C=O) groups is 2. The molecule has 0 unspecified atom stereocenters. The Bertz CT molecular complexity index is 1470. The van der Waals surface area contributed by atoms with Gasteiger partial charge in [0, 0.05) is 31.4 Å². The van der Waals surface area contributed by atoms with Crippen molar-refractivity contribution >= 4 is 67.3 Å². The fourth-order valence-corrected chi connectivity index (χ4v) is 5.82. The van der Waals surface area contributed by atoms with Gasteiger partial charge in [0.15, 0.2) is 11.6 Å². The van der Waals surface area contributed by atoms with Gasteiger partial charge in [-0.2, -0.15) is 0 Å². The van der Waals surface area contributed by atoms with Gasteiger partial charge in [-0.25, -0.2) is 23.9 Å². The van der Waals surface area contributed by atoms with E-state index in [1.165, 1.54) is 12.0 Å². The molecule has 2 aliphatic rings. The van der Waals surface area contributed by atoms with Gasteiger partial charge >= 0.3 is 12.1 Å². The van der Waals surface area contributed by atoms with E-state index in [9.17, 15) is 9.59 Å². The van der Waals surface area contributed by atoms with Crippen LogP contribution in [0.1, 0.15) is 47.1 Å². The van der Waals surface area contributed by atoms with Crippen molar-refractivity contribution in [2.24, 2.45) is 11.8 Å². The number of aromatic nitrogens is 3. The number of rotatable bonds is 4. The smallest absolute Gasteiger partial charge is 0.411 e. The number of benzene rings is 1. The van der Waals surface area contributed by atoms with E-state index in [0.29, 0.717) is 34.1 Å². The minimum atomic E-state index is -0.837. The SMILES string of the molecule is COC(=O)[C@H]1C[C@@H](n2cnc3c(N4CC(C(C)C)C4)nc4c(F)c(Br)c(Cl)cc4c32)CN1C(=O)OC(C)(C)C. The fourth-order valence-electron chi connectivity index (χ4n) is 5.33. The topological polar surface area (TPSA) is 89.8 Å². The number of halogens is 3. The minimum absolute atomic E-state index is 0.145. The number of pyridine rings is 1. The number of carbonyl (C=O) groups excluding carboxylic acids is 2. The second kappa shape index (κ2) is 10.1. The summed E-state index contributed by atoms with van der Waals surface area (Å²) in [7, 11) is 1.29. The number of hydrogen-bond donors (Lipinski definition) is 0. The van der Waals surface area contributed by atoms with Crippen molar-refractivity contribution in [1.29, 1.82) is 0 Å². The van der Waals surface area contributed by atoms with Crippen molar-refractivity contribution in [1.82, 2.24) is 19.4 Å². The number of methoxy groups -OCH3 is 1. The Labute approximate surface area is 239 Å². The Kier molecular flexibility index (Phi) is 7.20. The average Bonchev–Trinajstić information content (AvgIpc) is 3.45. The van der Waals surface area contributed by atoms with Crippen LogP contribution in [-0.2, 0) is 14.3 Å². The summed E-state index contributed by atoms with van der Waals surface area (Å²) in [6, 6.07) is 0.485. The molecule has 5 rings (SSSR count). The lowest BCUT2D eigenvalue weighted by Crippen LogP contribution is -2.49. The Balaban J connectivity index is 1.63. The van der Waals surface area contributed by atoms with E-state index in [2.05, 4.69) is 34.7 Å². The summed E-state index contributed by atoms with van der Waals surface area (Å²) < 4.78 is 28.2. The van der Waals surface area contributed by atoms with Crippen LogP contribution in [0.2, 0.25) is 5.02 Å². The highest BCUT2D eigenvalue weighted by Gasteiger charge is 2.44. The maximum Gasteiger partial charge on any atom is 0.411 e. The largest absolute Gasteiger partial charge is 0.467 e. The van der Waals surface area contributed by atoms with Crippen molar-refractivity contribution < 1.29 is 23.5 Å². The number of imidazole rings is 1. The summed E-state index contributed by atoms with van der Waals surface area (Å²) in [5, 5.41) is 0.713. The van der Waals surface area contributed by atoms with Gasteiger partial charge in [-0.05, 0) is 54.6 Å². The van der Waals surface area contributed by atoms with Crippen molar-refractivity contribution in [3.05, 3.63) is 27.7 Å². The van der Waals surface area contributed by atoms with Gasteiger partial charge in [0.25, 0.3) is 0 Å². The molecule has 210 valence electrons. The van der Waals surface area contributed by atoms with Crippen molar-refractivity contribution in [2.45, 2.75) is 58.7 Å². The molecule has 9 nitrogen and oxygen atoms in total. The van der Waals surface area contributed by atoms with E-state index in [4.69, 9.17) is 31.0 Å². The number of amides is 1. The number of hydrogen-bond acceptors (Lipinski definition) is 7. The van der Waals surface area contributed by atoms with E-state index in [-0.39, 0.29) is 34.0 Å². The number of likely N-dealkylation sites (tertiary alicyclic amines) is 1. The third-order valence-corrected chi connectivity index (χ3v) is 8.84. The van der Waals surface area contributed by atoms with Gasteiger partial charge in [0.05, 0.1) is 34.5 Å². The van der Waals surface area contributed by atoms with Gasteiger partial charge in [0.2, 0.25) is 0 Å². The molecule has 2 saturated heterocycles. The molecule has 2 fully saturated rings. The number of fused-ring (bicyclic) bond motifs is 3. The Hall–Kier alpha value is -2.66. The highest BCUT2D eigenvalue weighted by atomic mass is 79.9. The molecule has 2 aromatic heterocycles. The molecule has 0 aliphatic carbocycles. The highest BCUT2D eigenvalue weighted by Crippen LogP contribution is 2.42. The van der Waals surface area contributed by atoms with Gasteiger partial charge in [0.1, 0.15) is 22.7 Å². The summed E-state index contributed by atoms with van der Waals surface area (Å²) in [6.45, 7) is 11.5. The molecule has 12 heteroatoms. The zero-order valence-corrected chi connectivity index (χ0v) is 25.1. The molecule has 39 heavy (non-hydrogen) atoms. The van der Waals surface area contributed by atoms with Gasteiger partial charge in [-0.3, -0.25) is 4.90 Å². The van der Waals surface area contributed by atoms with Crippen molar-refractivity contribution in [3.63, 3.8) is 0 Å². The standard InChI is InChI=1S/C27H32BrClFN5O4/c1-13(2)14-9-33(10-14)24-22-23(16-8-17(29)19(28)20(30)21(16)32-24)35(12-31-22)15-7-18(25(36)38-6)34(11-15)26(37)39-27(3,4)5/h8,12-15,18H,7,9-11H2,1-6H3/t15-,18-/m1/s1. The lowest BCUT2D eigenvalue weighted by atomic mass is 9.88. The van der Waals surface area contributed by atoms with Crippen LogP contribution in [0.4, 0.5) is 15.0 Å². The molecule has 2 aliphatic heterocycles. The van der Waals surface area contributed by atoms with E-state index in [0.717, 1.165) is 13.1 Å². The molecule has 4 heterocycles. The molecule has 0 spiro atoms. The molecule has 1 amide bonds. The first-order chi connectivity index (χ1) is 18.3. The van der Waals surface area contributed by atoms with Gasteiger partial charge in [-0.15, -0.1) is 0 Å². The lowest BCUT2D eigenvalue weighted by Gasteiger charge is -2.42. The molecule has 3 aromatic rings. The van der Waals surface area contributed by atoms with Gasteiger partial charge < -0.3 is 18.9 Å². The highest BCUT2D eigenvalue weighted by molar-refractivity contribution is 9.10. The van der Waals surface area contributed by atoms with Crippen LogP contribution in [0.5, 0.6) is 0 Å². The van der Waals surface area contributed by atoms with Crippen molar-refractivity contribution in [2.75, 3.05) is 31.6 Å². The fraction of sp³-hybridized carbons (Fsp3) is 0.556. The third kappa shape index (κ3) is 4.92. The maximum atomic E-state index is 15.5. The van der Waals surface area contributed by atoms with Crippen LogP contribution in [0.15, 0.2) is 16.9 Å². The quantitative estimate of drug-likeness (QED) is 0.262. The summed E-state index contributed by atoms with van der Waals surface area (Å²) in [5.74, 6) is 0.557. The van der Waals surface area contributed by atoms with E-state index < -0.39 is 29.5 Å². The van der Waals surface area contributed by atoms with E-state index in [1.807, 2.05) is 4.57 Å². The Morgan fingerprint density at radius 1 is 1.21 bits per heavy atom. The molecule has 0 saturated carbocycles. The second-order valence-electron chi connectivity index (χ2n) is 11.6. The summed E-state index contributed by atoms with van der Waals surface area (Å²) >= 11 is 9.64. The monoisotopic (exact) mass is 623 g/mol. The molecule has 2 atom stereocenters. The molecule has 0 N–H and O–H groups in total. The zero-order chi connectivity index (χ0) is 28.4. The molecule has 0 bridgehead atoms. The number of nitrogens with zero attached hydrogens (tertiary/aromatic N) is 5. The van der Waals surface area contributed by atoms with Crippen LogP contribution >= 0.6 is 27.5 Å². The third-order valence-electron chi connectivity index (χ3n) is 7.54. The first-order valence-electron chi connectivity index (χ1n) is 13.0. The number of ether oxygens (including phenoxy) is 2. The summed E-state index contributed by atoms with van der Waals surface area (Å²) in [5.41, 5.74) is 0.708.